The highest BCUT2D eigenvalue weighted by atomic mass is 32.2. The van der Waals surface area contributed by atoms with E-state index in [-0.39, 0.29) is 17.5 Å². The van der Waals surface area contributed by atoms with E-state index in [1.165, 1.54) is 12.3 Å². The average Bonchev–Trinajstić information content (AvgIpc) is 2.95. The van der Waals surface area contributed by atoms with Crippen molar-refractivity contribution in [3.8, 4) is 0 Å². The summed E-state index contributed by atoms with van der Waals surface area (Å²) >= 11 is 1.72. The van der Waals surface area contributed by atoms with Gasteiger partial charge in [-0.1, -0.05) is 6.42 Å². The van der Waals surface area contributed by atoms with Gasteiger partial charge in [0, 0.05) is 30.2 Å². The number of thioether (sulfide) groups is 1. The van der Waals surface area contributed by atoms with Crippen LogP contribution in [-0.4, -0.2) is 35.6 Å². The molecule has 2 unspecified atom stereocenters. The lowest BCUT2D eigenvalue weighted by Crippen LogP contribution is -2.38. The Hall–Kier alpha value is -0.500. The molecule has 1 saturated carbocycles. The molecular formula is C12H20N2O3S2. The van der Waals surface area contributed by atoms with Gasteiger partial charge in [-0.15, -0.1) is 0 Å². The summed E-state index contributed by atoms with van der Waals surface area (Å²) < 4.78 is 29.1. The lowest BCUT2D eigenvalue weighted by atomic mass is 10.3. The summed E-state index contributed by atoms with van der Waals surface area (Å²) in [5.41, 5.74) is 0.591. The van der Waals surface area contributed by atoms with Crippen molar-refractivity contribution in [3.05, 3.63) is 18.0 Å². The third-order valence-corrected chi connectivity index (χ3v) is 6.24. The summed E-state index contributed by atoms with van der Waals surface area (Å²) in [6.07, 6.45) is 6.57. The van der Waals surface area contributed by atoms with E-state index >= 15 is 0 Å². The van der Waals surface area contributed by atoms with Gasteiger partial charge in [0.05, 0.1) is 11.5 Å². The second kappa shape index (κ2) is 5.87. The quantitative estimate of drug-likeness (QED) is 0.854. The standard InChI is InChI=1S/C12H20N2O3S2/c1-14-7-10(6-9(14)8-15)19(16,17)13-11-4-3-5-12(11)18-2/h6-7,11-13,15H,3-5,8H2,1-2H3. The summed E-state index contributed by atoms with van der Waals surface area (Å²) in [7, 11) is -1.77. The van der Waals surface area contributed by atoms with Crippen LogP contribution in [0.5, 0.6) is 0 Å². The van der Waals surface area contributed by atoms with Crippen LogP contribution in [0.3, 0.4) is 0 Å². The maximum Gasteiger partial charge on any atom is 0.242 e. The largest absolute Gasteiger partial charge is 0.390 e. The number of nitrogens with zero attached hydrogens (tertiary/aromatic N) is 1. The summed E-state index contributed by atoms with van der Waals surface area (Å²) in [5.74, 6) is 0. The number of sulfonamides is 1. The maximum absolute atomic E-state index is 12.3. The first-order valence-electron chi connectivity index (χ1n) is 6.29. The first kappa shape index (κ1) is 14.9. The summed E-state index contributed by atoms with van der Waals surface area (Å²) in [6.45, 7) is -0.164. The monoisotopic (exact) mass is 304 g/mol. The number of aliphatic hydroxyl groups excluding tert-OH is 1. The van der Waals surface area contributed by atoms with Crippen LogP contribution in [-0.2, 0) is 23.7 Å². The lowest BCUT2D eigenvalue weighted by Gasteiger charge is -2.18. The Kier molecular flexibility index (Phi) is 4.60. The van der Waals surface area contributed by atoms with Crippen molar-refractivity contribution >= 4 is 21.8 Å². The fourth-order valence-electron chi connectivity index (χ4n) is 2.49. The van der Waals surface area contributed by atoms with E-state index in [0.717, 1.165) is 19.3 Å². The first-order valence-corrected chi connectivity index (χ1v) is 9.06. The van der Waals surface area contributed by atoms with Crippen LogP contribution in [0.25, 0.3) is 0 Å². The Balaban J connectivity index is 2.17. The van der Waals surface area contributed by atoms with Crippen molar-refractivity contribution in [1.82, 2.24) is 9.29 Å². The Morgan fingerprint density at radius 3 is 2.84 bits per heavy atom. The minimum atomic E-state index is -3.49. The van der Waals surface area contributed by atoms with Crippen LogP contribution in [0.15, 0.2) is 17.2 Å². The van der Waals surface area contributed by atoms with Crippen LogP contribution in [0.4, 0.5) is 0 Å². The highest BCUT2D eigenvalue weighted by Gasteiger charge is 2.31. The highest BCUT2D eigenvalue weighted by molar-refractivity contribution is 7.99. The average molecular weight is 304 g/mol. The lowest BCUT2D eigenvalue weighted by molar-refractivity contribution is 0.272. The van der Waals surface area contributed by atoms with Gasteiger partial charge in [0.2, 0.25) is 10.0 Å². The van der Waals surface area contributed by atoms with Gasteiger partial charge in [0.1, 0.15) is 0 Å². The molecule has 1 fully saturated rings. The van der Waals surface area contributed by atoms with Gasteiger partial charge in [0.15, 0.2) is 0 Å². The smallest absolute Gasteiger partial charge is 0.242 e. The maximum atomic E-state index is 12.3. The van der Waals surface area contributed by atoms with Gasteiger partial charge >= 0.3 is 0 Å². The number of rotatable bonds is 5. The zero-order valence-corrected chi connectivity index (χ0v) is 12.8. The van der Waals surface area contributed by atoms with Crippen molar-refractivity contribution < 1.29 is 13.5 Å². The van der Waals surface area contributed by atoms with Crippen LogP contribution in [0, 0.1) is 0 Å². The van der Waals surface area contributed by atoms with Gasteiger partial charge < -0.3 is 9.67 Å². The van der Waals surface area contributed by atoms with Gasteiger partial charge in [-0.25, -0.2) is 13.1 Å². The molecule has 0 amide bonds. The molecule has 2 atom stereocenters. The van der Waals surface area contributed by atoms with E-state index in [0.29, 0.717) is 10.9 Å². The molecule has 2 N–H and O–H groups in total. The molecule has 5 nitrogen and oxygen atoms in total. The molecule has 1 aromatic rings. The van der Waals surface area contributed by atoms with E-state index in [2.05, 4.69) is 4.72 Å². The van der Waals surface area contributed by atoms with Crippen LogP contribution >= 0.6 is 11.8 Å². The van der Waals surface area contributed by atoms with Gasteiger partial charge in [-0.2, -0.15) is 11.8 Å². The second-order valence-corrected chi connectivity index (χ2v) is 7.66. The van der Waals surface area contributed by atoms with Crippen molar-refractivity contribution in [2.24, 2.45) is 7.05 Å². The molecule has 0 saturated heterocycles. The normalized spacial score (nSPS) is 23.9. The van der Waals surface area contributed by atoms with Crippen molar-refractivity contribution in [3.63, 3.8) is 0 Å². The third-order valence-electron chi connectivity index (χ3n) is 3.62. The van der Waals surface area contributed by atoms with E-state index < -0.39 is 10.0 Å². The number of hydrogen-bond donors (Lipinski definition) is 2. The van der Waals surface area contributed by atoms with Crippen molar-refractivity contribution in [1.29, 1.82) is 0 Å². The zero-order valence-electron chi connectivity index (χ0n) is 11.2. The highest BCUT2D eigenvalue weighted by Crippen LogP contribution is 2.29. The Bertz CT molecular complexity index is 539. The predicted octanol–water partition coefficient (Wildman–Crippen LogP) is 1.08. The zero-order chi connectivity index (χ0) is 14.0. The summed E-state index contributed by atoms with van der Waals surface area (Å²) in [4.78, 5) is 0.228. The number of aliphatic hydroxyl groups is 1. The van der Waals surface area contributed by atoms with Crippen LogP contribution in [0.2, 0.25) is 0 Å². The predicted molar refractivity (Wildman–Crippen MR) is 76.6 cm³/mol. The molecule has 108 valence electrons. The fraction of sp³-hybridized carbons (Fsp3) is 0.667. The summed E-state index contributed by atoms with van der Waals surface area (Å²) in [5, 5.41) is 9.48. The third kappa shape index (κ3) is 3.16. The van der Waals surface area contributed by atoms with Gasteiger partial charge in [-0.05, 0) is 25.2 Å². The van der Waals surface area contributed by atoms with Gasteiger partial charge in [0.25, 0.3) is 0 Å². The molecule has 1 aliphatic carbocycles. The molecule has 0 radical (unpaired) electrons. The second-order valence-electron chi connectivity index (χ2n) is 4.87. The fourth-order valence-corrected chi connectivity index (χ4v) is 4.92. The molecule has 1 aromatic heterocycles. The number of aryl methyl sites for hydroxylation is 1. The van der Waals surface area contributed by atoms with Gasteiger partial charge in [-0.3, -0.25) is 0 Å². The summed E-state index contributed by atoms with van der Waals surface area (Å²) in [6, 6.07) is 1.53. The minimum absolute atomic E-state index is 0.0118. The molecule has 2 rings (SSSR count). The number of hydrogen-bond acceptors (Lipinski definition) is 4. The molecule has 0 aliphatic heterocycles. The molecule has 1 heterocycles. The van der Waals surface area contributed by atoms with Crippen LogP contribution in [0.1, 0.15) is 25.0 Å². The SMILES string of the molecule is CSC1CCCC1NS(=O)(=O)c1cc(CO)n(C)c1. The Morgan fingerprint density at radius 2 is 2.26 bits per heavy atom. The van der Waals surface area contributed by atoms with E-state index in [1.807, 2.05) is 6.26 Å². The van der Waals surface area contributed by atoms with E-state index in [9.17, 15) is 8.42 Å². The molecule has 19 heavy (non-hydrogen) atoms. The van der Waals surface area contributed by atoms with E-state index in [1.54, 1.807) is 23.4 Å². The Labute approximate surface area is 118 Å². The number of aromatic nitrogens is 1. The van der Waals surface area contributed by atoms with Crippen LogP contribution < -0.4 is 4.72 Å². The molecule has 0 bridgehead atoms. The van der Waals surface area contributed by atoms with E-state index in [4.69, 9.17) is 5.11 Å². The molecule has 1 aliphatic rings. The first-order chi connectivity index (χ1) is 8.97. The van der Waals surface area contributed by atoms with Crippen molar-refractivity contribution in [2.75, 3.05) is 6.26 Å². The number of nitrogens with one attached hydrogen (secondary N) is 1. The molecule has 0 aromatic carbocycles. The minimum Gasteiger partial charge on any atom is -0.390 e. The molecule has 0 spiro atoms. The topological polar surface area (TPSA) is 71.3 Å². The molecule has 7 heteroatoms. The Morgan fingerprint density at radius 1 is 1.53 bits per heavy atom. The molecular weight excluding hydrogens is 284 g/mol. The van der Waals surface area contributed by atoms with Crippen molar-refractivity contribution in [2.45, 2.75) is 42.1 Å².